The van der Waals surface area contributed by atoms with E-state index in [2.05, 4.69) is 0 Å². The van der Waals surface area contributed by atoms with Crippen LogP contribution in [-0.4, -0.2) is 33.1 Å². The molecule has 0 saturated carbocycles. The van der Waals surface area contributed by atoms with Gasteiger partial charge in [-0.25, -0.2) is 0 Å². The fourth-order valence-electron chi connectivity index (χ4n) is 1.72. The van der Waals surface area contributed by atoms with Gasteiger partial charge in [0.1, 0.15) is 0 Å². The highest BCUT2D eigenvalue weighted by molar-refractivity contribution is 5.10. The first-order valence-corrected chi connectivity index (χ1v) is 6.57. The maximum absolute atomic E-state index is 9.95. The zero-order chi connectivity index (χ0) is 14.5. The number of furan rings is 1. The fraction of sp³-hybridized carbons (Fsp3) is 0.600. The maximum atomic E-state index is 9.95. The lowest BCUT2D eigenvalue weighted by Crippen LogP contribution is -2.38. The Kier molecular flexibility index (Phi) is 5.79. The molecule has 19 heavy (non-hydrogen) atoms. The molecule has 0 unspecified atom stereocenters. The summed E-state index contributed by atoms with van der Waals surface area (Å²) in [5.74, 6) is 0. The van der Waals surface area contributed by atoms with Crippen molar-refractivity contribution in [2.45, 2.75) is 57.8 Å². The number of aliphatic hydroxyl groups excluding tert-OH is 2. The first-order valence-electron chi connectivity index (χ1n) is 6.57. The van der Waals surface area contributed by atoms with E-state index in [4.69, 9.17) is 4.42 Å². The number of hydrogen-bond donors (Lipinski definition) is 3. The quantitative estimate of drug-likeness (QED) is 0.662. The second kappa shape index (κ2) is 6.89. The van der Waals surface area contributed by atoms with Crippen molar-refractivity contribution in [1.82, 2.24) is 0 Å². The Bertz CT molecular complexity index is 387. The molecule has 0 radical (unpaired) electrons. The van der Waals surface area contributed by atoms with Gasteiger partial charge in [-0.2, -0.15) is 0 Å². The standard InChI is InChI=1S/C15H24O4/c1-11(5-4-6-12-7-8-19-10-12)13(16)9-14(17)15(2,3)18/h5,7-8,10,13-14,16-18H,4,6,9H2,1-3H3/b11-5+/t13-,14+/m0/s1. The first kappa shape index (κ1) is 16.0. The predicted octanol–water partition coefficient (Wildman–Crippen LogP) is 2.04. The summed E-state index contributed by atoms with van der Waals surface area (Å²) in [7, 11) is 0. The molecule has 1 rings (SSSR count). The smallest absolute Gasteiger partial charge is 0.0934 e. The summed E-state index contributed by atoms with van der Waals surface area (Å²) >= 11 is 0. The molecule has 0 aliphatic heterocycles. The molecular formula is C15H24O4. The van der Waals surface area contributed by atoms with Gasteiger partial charge >= 0.3 is 0 Å². The highest BCUT2D eigenvalue weighted by Crippen LogP contribution is 2.18. The summed E-state index contributed by atoms with van der Waals surface area (Å²) in [5.41, 5.74) is 0.736. The molecule has 0 aromatic carbocycles. The molecule has 4 heteroatoms. The normalized spacial score (nSPS) is 16.4. The van der Waals surface area contributed by atoms with Crippen LogP contribution in [0.5, 0.6) is 0 Å². The van der Waals surface area contributed by atoms with E-state index < -0.39 is 17.8 Å². The van der Waals surface area contributed by atoms with Crippen LogP contribution in [-0.2, 0) is 6.42 Å². The molecule has 0 spiro atoms. The molecule has 1 aromatic heterocycles. The van der Waals surface area contributed by atoms with Crippen LogP contribution in [0.25, 0.3) is 0 Å². The van der Waals surface area contributed by atoms with E-state index in [9.17, 15) is 15.3 Å². The van der Waals surface area contributed by atoms with Crippen LogP contribution in [0.2, 0.25) is 0 Å². The van der Waals surface area contributed by atoms with Gasteiger partial charge in [0, 0.05) is 6.42 Å². The Morgan fingerprint density at radius 3 is 2.63 bits per heavy atom. The lowest BCUT2D eigenvalue weighted by molar-refractivity contribution is -0.0640. The van der Waals surface area contributed by atoms with Gasteiger partial charge < -0.3 is 19.7 Å². The number of rotatable bonds is 7. The van der Waals surface area contributed by atoms with Crippen molar-refractivity contribution in [3.05, 3.63) is 35.8 Å². The van der Waals surface area contributed by atoms with E-state index in [1.54, 1.807) is 12.5 Å². The Morgan fingerprint density at radius 1 is 1.42 bits per heavy atom. The van der Waals surface area contributed by atoms with Crippen LogP contribution < -0.4 is 0 Å². The third kappa shape index (κ3) is 5.59. The first-order chi connectivity index (χ1) is 8.80. The molecule has 1 aromatic rings. The third-order valence-electron chi connectivity index (χ3n) is 3.27. The monoisotopic (exact) mass is 268 g/mol. The summed E-state index contributed by atoms with van der Waals surface area (Å²) in [4.78, 5) is 0. The van der Waals surface area contributed by atoms with E-state index in [1.807, 2.05) is 19.1 Å². The van der Waals surface area contributed by atoms with Crippen molar-refractivity contribution in [3.8, 4) is 0 Å². The Hall–Kier alpha value is -1.10. The van der Waals surface area contributed by atoms with Gasteiger partial charge in [0.25, 0.3) is 0 Å². The number of aryl methyl sites for hydroxylation is 1. The third-order valence-corrected chi connectivity index (χ3v) is 3.27. The van der Waals surface area contributed by atoms with Crippen molar-refractivity contribution in [1.29, 1.82) is 0 Å². The minimum Gasteiger partial charge on any atom is -0.472 e. The second-order valence-corrected chi connectivity index (χ2v) is 5.54. The second-order valence-electron chi connectivity index (χ2n) is 5.54. The van der Waals surface area contributed by atoms with E-state index in [0.29, 0.717) is 0 Å². The van der Waals surface area contributed by atoms with Gasteiger partial charge in [0.15, 0.2) is 0 Å². The van der Waals surface area contributed by atoms with Gasteiger partial charge in [-0.05, 0) is 50.8 Å². The van der Waals surface area contributed by atoms with Crippen LogP contribution >= 0.6 is 0 Å². The Labute approximate surface area is 114 Å². The van der Waals surface area contributed by atoms with E-state index >= 15 is 0 Å². The Morgan fingerprint density at radius 2 is 2.11 bits per heavy atom. The minimum atomic E-state index is -1.20. The topological polar surface area (TPSA) is 73.8 Å². The van der Waals surface area contributed by atoms with Crippen LogP contribution in [0.15, 0.2) is 34.7 Å². The molecule has 108 valence electrons. The summed E-state index contributed by atoms with van der Waals surface area (Å²) in [6.07, 6.45) is 5.42. The van der Waals surface area contributed by atoms with Crippen molar-refractivity contribution in [2.24, 2.45) is 0 Å². The van der Waals surface area contributed by atoms with Gasteiger partial charge in [0.05, 0.1) is 30.3 Å². The van der Waals surface area contributed by atoms with Crippen molar-refractivity contribution in [3.63, 3.8) is 0 Å². The zero-order valence-corrected chi connectivity index (χ0v) is 11.8. The minimum absolute atomic E-state index is 0.136. The van der Waals surface area contributed by atoms with Crippen LogP contribution in [0.1, 0.15) is 39.2 Å². The van der Waals surface area contributed by atoms with E-state index in [0.717, 1.165) is 24.0 Å². The molecule has 4 nitrogen and oxygen atoms in total. The SMILES string of the molecule is C/C(=C\CCc1ccoc1)[C@@H](O)C[C@@H](O)C(C)(C)O. The fourth-order valence-corrected chi connectivity index (χ4v) is 1.72. The number of hydrogen-bond acceptors (Lipinski definition) is 4. The average Bonchev–Trinajstić information content (AvgIpc) is 2.80. The summed E-state index contributed by atoms with van der Waals surface area (Å²) < 4.78 is 4.98. The van der Waals surface area contributed by atoms with Crippen molar-refractivity contribution in [2.75, 3.05) is 0 Å². The molecule has 2 atom stereocenters. The molecule has 0 aliphatic carbocycles. The van der Waals surface area contributed by atoms with E-state index in [1.165, 1.54) is 13.8 Å². The number of aliphatic hydroxyl groups is 3. The summed E-state index contributed by atoms with van der Waals surface area (Å²) in [6, 6.07) is 1.91. The van der Waals surface area contributed by atoms with Gasteiger partial charge in [0.2, 0.25) is 0 Å². The van der Waals surface area contributed by atoms with Crippen LogP contribution in [0, 0.1) is 0 Å². The van der Waals surface area contributed by atoms with Gasteiger partial charge in [-0.15, -0.1) is 0 Å². The van der Waals surface area contributed by atoms with Crippen LogP contribution in [0.3, 0.4) is 0 Å². The van der Waals surface area contributed by atoms with Crippen molar-refractivity contribution < 1.29 is 19.7 Å². The molecule has 3 N–H and O–H groups in total. The van der Waals surface area contributed by atoms with Gasteiger partial charge in [-0.3, -0.25) is 0 Å². The largest absolute Gasteiger partial charge is 0.472 e. The van der Waals surface area contributed by atoms with Crippen molar-refractivity contribution >= 4 is 0 Å². The molecule has 0 bridgehead atoms. The lowest BCUT2D eigenvalue weighted by Gasteiger charge is -2.26. The predicted molar refractivity (Wildman–Crippen MR) is 73.7 cm³/mol. The molecular weight excluding hydrogens is 244 g/mol. The van der Waals surface area contributed by atoms with E-state index in [-0.39, 0.29) is 6.42 Å². The molecule has 1 heterocycles. The molecule has 0 aliphatic rings. The zero-order valence-electron chi connectivity index (χ0n) is 11.8. The maximum Gasteiger partial charge on any atom is 0.0934 e. The number of allylic oxidation sites excluding steroid dienone is 1. The summed E-state index contributed by atoms with van der Waals surface area (Å²) in [5, 5.41) is 29.3. The Balaban J connectivity index is 2.41. The molecule has 0 amide bonds. The summed E-state index contributed by atoms with van der Waals surface area (Å²) in [6.45, 7) is 4.89. The lowest BCUT2D eigenvalue weighted by atomic mass is 9.93. The van der Waals surface area contributed by atoms with Crippen LogP contribution in [0.4, 0.5) is 0 Å². The molecule has 0 fully saturated rings. The van der Waals surface area contributed by atoms with Gasteiger partial charge in [-0.1, -0.05) is 6.08 Å². The molecule has 0 saturated heterocycles. The average molecular weight is 268 g/mol. The highest BCUT2D eigenvalue weighted by atomic mass is 16.3. The highest BCUT2D eigenvalue weighted by Gasteiger charge is 2.27.